The van der Waals surface area contributed by atoms with Crippen LogP contribution in [-0.4, -0.2) is 56.0 Å². The summed E-state index contributed by atoms with van der Waals surface area (Å²) in [5, 5.41) is 0. The van der Waals surface area contributed by atoms with Crippen LogP contribution in [-0.2, 0) is 19.0 Å². The number of nitrogens with zero attached hydrogens (tertiary/aromatic N) is 1. The summed E-state index contributed by atoms with van der Waals surface area (Å²) in [6.07, 6.45) is 5.05. The van der Waals surface area contributed by atoms with Gasteiger partial charge < -0.3 is 14.2 Å². The molecule has 5 nitrogen and oxygen atoms in total. The number of ether oxygens (including phenoxy) is 3. The molecular weight excluding hydrogens is 318 g/mol. The number of esters is 1. The maximum Gasteiger partial charge on any atom is 0.302 e. The fourth-order valence-electron chi connectivity index (χ4n) is 4.12. The minimum Gasteiger partial charge on any atom is -0.466 e. The Morgan fingerprint density at radius 3 is 1.92 bits per heavy atom. The summed E-state index contributed by atoms with van der Waals surface area (Å²) in [5.74, 6) is -0.945. The monoisotopic (exact) mass is 360 g/mol. The number of hydrogen-bond donors (Lipinski definition) is 0. The molecule has 2 aliphatic carbocycles. The lowest BCUT2D eigenvalue weighted by Gasteiger charge is -2.47. The van der Waals surface area contributed by atoms with Gasteiger partial charge >= 0.3 is 5.97 Å². The van der Waals surface area contributed by atoms with Gasteiger partial charge in [-0.2, -0.15) is 0 Å². The van der Waals surface area contributed by atoms with Gasteiger partial charge in [-0.05, 0) is 25.7 Å². The minimum atomic E-state index is -3.04. The molecule has 146 valence electrons. The zero-order valence-corrected chi connectivity index (χ0v) is 15.9. The van der Waals surface area contributed by atoms with Crippen LogP contribution in [0.5, 0.6) is 0 Å². The molecule has 0 aliphatic heterocycles. The van der Waals surface area contributed by atoms with Crippen LogP contribution in [0.4, 0.5) is 0 Å². The molecule has 2 fully saturated rings. The largest absolute Gasteiger partial charge is 0.466 e. The van der Waals surface area contributed by atoms with E-state index in [0.29, 0.717) is 0 Å². The highest BCUT2D eigenvalue weighted by Gasteiger charge is 2.38. The van der Waals surface area contributed by atoms with Crippen molar-refractivity contribution in [2.75, 3.05) is 20.8 Å². The third-order valence-electron chi connectivity index (χ3n) is 5.24. The maximum atomic E-state index is 11.5. The van der Waals surface area contributed by atoms with Gasteiger partial charge in [0.2, 0.25) is 0 Å². The molecule has 0 bridgehead atoms. The summed E-state index contributed by atoms with van der Waals surface area (Å²) in [6.45, 7) is -2.01. The van der Waals surface area contributed by atoms with E-state index in [0.717, 1.165) is 71.1 Å². The van der Waals surface area contributed by atoms with Crippen molar-refractivity contribution in [2.24, 2.45) is 0 Å². The molecular formula is C20H37NO4. The first kappa shape index (κ1) is 14.4. The average Bonchev–Trinajstić information content (AvgIpc) is 2.69. The predicted octanol–water partition coefficient (Wildman–Crippen LogP) is 3.89. The molecule has 5 heteroatoms. The smallest absolute Gasteiger partial charge is 0.302 e. The number of rotatable bonds is 9. The molecule has 1 atom stereocenters. The van der Waals surface area contributed by atoms with Gasteiger partial charge in [-0.25, -0.2) is 0 Å². The average molecular weight is 361 g/mol. The van der Waals surface area contributed by atoms with Crippen molar-refractivity contribution in [1.82, 2.24) is 4.90 Å². The fraction of sp³-hybridized carbons (Fsp3) is 0.950. The molecule has 0 amide bonds. The zero-order chi connectivity index (χ0) is 22.6. The van der Waals surface area contributed by atoms with E-state index in [-0.39, 0.29) is 12.1 Å². The topological polar surface area (TPSA) is 48.0 Å². The summed E-state index contributed by atoms with van der Waals surface area (Å²) in [6, 6.07) is -2.44. The van der Waals surface area contributed by atoms with Gasteiger partial charge in [0.25, 0.3) is 0 Å². The van der Waals surface area contributed by atoms with Crippen molar-refractivity contribution in [1.29, 1.82) is 0 Å². The summed E-state index contributed by atoms with van der Waals surface area (Å²) in [4.78, 5) is 13.4. The van der Waals surface area contributed by atoms with Gasteiger partial charge in [-0.1, -0.05) is 38.5 Å². The van der Waals surface area contributed by atoms with Gasteiger partial charge in [0.1, 0.15) is 0 Å². The summed E-state index contributed by atoms with van der Waals surface area (Å²) < 4.78 is 59.2. The lowest BCUT2D eigenvalue weighted by Crippen LogP contribution is -2.56. The quantitative estimate of drug-likeness (QED) is 0.461. The second-order valence-corrected chi connectivity index (χ2v) is 7.00. The van der Waals surface area contributed by atoms with Crippen molar-refractivity contribution in [3.8, 4) is 0 Å². The van der Waals surface area contributed by atoms with Crippen LogP contribution in [0.15, 0.2) is 0 Å². The Morgan fingerprint density at radius 1 is 1.04 bits per heavy atom. The van der Waals surface area contributed by atoms with E-state index < -0.39 is 31.2 Å². The predicted molar refractivity (Wildman–Crippen MR) is 98.4 cm³/mol. The second-order valence-electron chi connectivity index (χ2n) is 7.00. The van der Waals surface area contributed by atoms with Gasteiger partial charge in [0.15, 0.2) is 6.29 Å². The van der Waals surface area contributed by atoms with Crippen molar-refractivity contribution in [2.45, 2.75) is 102 Å². The Balaban J connectivity index is 2.62. The molecule has 0 aromatic carbocycles. The number of carbonyl (C=O) groups is 1. The third-order valence-corrected chi connectivity index (χ3v) is 5.24. The fourth-order valence-corrected chi connectivity index (χ4v) is 4.12. The van der Waals surface area contributed by atoms with Crippen LogP contribution in [0.1, 0.15) is 84.4 Å². The molecule has 0 saturated heterocycles. The molecule has 2 saturated carbocycles. The second kappa shape index (κ2) is 11.1. The van der Waals surface area contributed by atoms with Crippen molar-refractivity contribution in [3.63, 3.8) is 0 Å². The van der Waals surface area contributed by atoms with Gasteiger partial charge in [0.05, 0.1) is 16.7 Å². The first-order chi connectivity index (χ1) is 14.0. The van der Waals surface area contributed by atoms with E-state index in [1.807, 2.05) is 4.90 Å². The van der Waals surface area contributed by atoms with E-state index >= 15 is 0 Å². The normalized spacial score (nSPS) is 27.0. The Labute approximate surface area is 160 Å². The van der Waals surface area contributed by atoms with E-state index in [1.165, 1.54) is 14.2 Å². The number of hydrogen-bond acceptors (Lipinski definition) is 5. The van der Waals surface area contributed by atoms with Crippen LogP contribution in [0.3, 0.4) is 0 Å². The van der Waals surface area contributed by atoms with Crippen LogP contribution < -0.4 is 0 Å². The first-order valence-corrected chi connectivity index (χ1v) is 9.56. The van der Waals surface area contributed by atoms with Crippen molar-refractivity contribution < 1.29 is 25.9 Å². The molecule has 0 radical (unpaired) electrons. The highest BCUT2D eigenvalue weighted by molar-refractivity contribution is 5.65. The first-order valence-electron chi connectivity index (χ1n) is 12.1. The van der Waals surface area contributed by atoms with Crippen LogP contribution in [0, 0.1) is 0 Å². The molecule has 0 aromatic heterocycles. The maximum absolute atomic E-state index is 11.5. The highest BCUT2D eigenvalue weighted by atomic mass is 16.7. The Morgan fingerprint density at radius 2 is 1.52 bits per heavy atom. The molecule has 25 heavy (non-hydrogen) atoms. The molecule has 0 aromatic rings. The van der Waals surface area contributed by atoms with Crippen LogP contribution in [0.25, 0.3) is 0 Å². The summed E-state index contributed by atoms with van der Waals surface area (Å²) in [5.41, 5.74) is 0. The summed E-state index contributed by atoms with van der Waals surface area (Å²) >= 11 is 0. The molecule has 0 spiro atoms. The standard InChI is InChI=1S/C20H37NO4/c1-16(22)25-15-14-19(20(23-2)24-3)21(17-10-6-4-7-11-17)18-12-8-5-9-13-18/h17-20H,4-15H2,1-3H3/i14D2,15D2,19D. The molecule has 1 unspecified atom stereocenters. The van der Waals surface area contributed by atoms with Gasteiger partial charge in [0, 0.05) is 42.3 Å². The van der Waals surface area contributed by atoms with Crippen molar-refractivity contribution >= 4 is 5.97 Å². The molecule has 2 aliphatic rings. The third kappa shape index (κ3) is 6.22. The SMILES string of the molecule is [2H]C([2H])(OC(C)=O)C([2H])([2H])C([2H])(C(OC)OC)N(C1CCCCC1)C1CCCCC1. The van der Waals surface area contributed by atoms with Gasteiger partial charge in [-0.3, -0.25) is 9.69 Å². The zero-order valence-electron chi connectivity index (χ0n) is 20.9. The Bertz CT molecular complexity index is 545. The van der Waals surface area contributed by atoms with E-state index in [1.54, 1.807) is 0 Å². The van der Waals surface area contributed by atoms with E-state index in [4.69, 9.17) is 19.7 Å². The lowest BCUT2D eigenvalue weighted by molar-refractivity contribution is -0.170. The van der Waals surface area contributed by atoms with Crippen LogP contribution >= 0.6 is 0 Å². The van der Waals surface area contributed by atoms with E-state index in [9.17, 15) is 6.17 Å². The summed E-state index contributed by atoms with van der Waals surface area (Å²) in [7, 11) is 2.66. The lowest BCUT2D eigenvalue weighted by atomic mass is 9.86. The molecule has 2 rings (SSSR count). The molecule has 0 heterocycles. The van der Waals surface area contributed by atoms with Crippen molar-refractivity contribution in [3.05, 3.63) is 0 Å². The molecule has 0 N–H and O–H groups in total. The van der Waals surface area contributed by atoms with Crippen LogP contribution in [0.2, 0.25) is 0 Å². The Kier molecular flexibility index (Phi) is 6.43. The number of carbonyl (C=O) groups excluding carboxylic acids is 1. The highest BCUT2D eigenvalue weighted by Crippen LogP contribution is 2.34. The Hall–Kier alpha value is -0.650. The van der Waals surface area contributed by atoms with E-state index in [2.05, 4.69) is 0 Å². The number of methoxy groups -OCH3 is 2. The minimum absolute atomic E-state index is 0.0876. The van der Waals surface area contributed by atoms with Gasteiger partial charge in [-0.15, -0.1) is 0 Å².